The molecule has 0 radical (unpaired) electrons. The van der Waals surface area contributed by atoms with Crippen molar-refractivity contribution in [2.24, 2.45) is 5.41 Å². The Kier molecular flexibility index (Phi) is 4.50. The molecule has 2 unspecified atom stereocenters. The average Bonchev–Trinajstić information content (AvgIpc) is 2.86. The molecule has 0 aromatic heterocycles. The number of amides is 1. The van der Waals surface area contributed by atoms with Gasteiger partial charge in [0.05, 0.1) is 6.54 Å². The molecule has 0 saturated carbocycles. The van der Waals surface area contributed by atoms with Crippen LogP contribution in [0.15, 0.2) is 30.3 Å². The minimum Gasteiger partial charge on any atom is -0.348 e. The predicted molar refractivity (Wildman–Crippen MR) is 88.9 cm³/mol. The van der Waals surface area contributed by atoms with E-state index in [1.54, 1.807) is 4.90 Å². The summed E-state index contributed by atoms with van der Waals surface area (Å²) in [6.45, 7) is 4.75. The molecule has 0 bridgehead atoms. The minimum absolute atomic E-state index is 0.202. The zero-order chi connectivity index (χ0) is 15.6. The molecule has 120 valence electrons. The van der Waals surface area contributed by atoms with Gasteiger partial charge in [-0.3, -0.25) is 9.69 Å². The van der Waals surface area contributed by atoms with Gasteiger partial charge in [-0.2, -0.15) is 0 Å². The summed E-state index contributed by atoms with van der Waals surface area (Å²) >= 11 is 0. The lowest BCUT2D eigenvalue weighted by molar-refractivity contribution is -0.129. The number of nitrogens with zero attached hydrogens (tertiary/aromatic N) is 2. The molecule has 4 nitrogen and oxygen atoms in total. The normalized spacial score (nSPS) is 28.9. The van der Waals surface area contributed by atoms with Crippen molar-refractivity contribution in [3.05, 3.63) is 35.9 Å². The standard InChI is InChI=1S/C18H27N3O/c1-20(2)17(22)12-21-11-16(15-7-4-3-5-8-15)18(14-21)9-6-10-19-13-18/h3-5,7-8,16,19H,6,9-14H2,1-2H3. The summed E-state index contributed by atoms with van der Waals surface area (Å²) in [5.41, 5.74) is 1.71. The number of likely N-dealkylation sites (N-methyl/N-ethyl adjacent to an activating group) is 1. The maximum atomic E-state index is 12.1. The number of likely N-dealkylation sites (tertiary alicyclic amines) is 1. The maximum Gasteiger partial charge on any atom is 0.236 e. The van der Waals surface area contributed by atoms with Gasteiger partial charge in [0.25, 0.3) is 0 Å². The molecular weight excluding hydrogens is 274 g/mol. The molecule has 1 aromatic carbocycles. The van der Waals surface area contributed by atoms with Gasteiger partial charge in [0.2, 0.25) is 5.91 Å². The van der Waals surface area contributed by atoms with Crippen molar-refractivity contribution in [1.82, 2.24) is 15.1 Å². The van der Waals surface area contributed by atoms with Crippen molar-refractivity contribution in [2.75, 3.05) is 46.8 Å². The Morgan fingerprint density at radius 3 is 2.77 bits per heavy atom. The summed E-state index contributed by atoms with van der Waals surface area (Å²) in [4.78, 5) is 16.1. The highest BCUT2D eigenvalue weighted by atomic mass is 16.2. The predicted octanol–water partition coefficient (Wildman–Crippen LogP) is 1.54. The number of benzene rings is 1. The van der Waals surface area contributed by atoms with Crippen LogP contribution in [0, 0.1) is 5.41 Å². The van der Waals surface area contributed by atoms with Gasteiger partial charge in [0.15, 0.2) is 0 Å². The van der Waals surface area contributed by atoms with Gasteiger partial charge in [-0.05, 0) is 24.9 Å². The molecule has 2 heterocycles. The number of rotatable bonds is 3. The highest BCUT2D eigenvalue weighted by Gasteiger charge is 2.47. The molecule has 2 fully saturated rings. The fraction of sp³-hybridized carbons (Fsp3) is 0.611. The summed E-state index contributed by atoms with van der Waals surface area (Å²) in [5, 5.41) is 3.59. The summed E-state index contributed by atoms with van der Waals surface area (Å²) in [6, 6.07) is 10.8. The molecule has 22 heavy (non-hydrogen) atoms. The van der Waals surface area contributed by atoms with Crippen LogP contribution in [0.3, 0.4) is 0 Å². The largest absolute Gasteiger partial charge is 0.348 e. The van der Waals surface area contributed by atoms with Gasteiger partial charge >= 0.3 is 0 Å². The zero-order valence-corrected chi connectivity index (χ0v) is 13.7. The van der Waals surface area contributed by atoms with E-state index in [0.29, 0.717) is 12.5 Å². The Bertz CT molecular complexity index is 508. The number of hydrogen-bond acceptors (Lipinski definition) is 3. The third-order valence-corrected chi connectivity index (χ3v) is 5.28. The second-order valence-corrected chi connectivity index (χ2v) is 7.06. The molecule has 4 heteroatoms. The Morgan fingerprint density at radius 1 is 1.36 bits per heavy atom. The number of nitrogens with one attached hydrogen (secondary N) is 1. The van der Waals surface area contributed by atoms with Gasteiger partial charge in [0.1, 0.15) is 0 Å². The van der Waals surface area contributed by atoms with Crippen LogP contribution >= 0.6 is 0 Å². The van der Waals surface area contributed by atoms with Gasteiger partial charge in [-0.25, -0.2) is 0 Å². The van der Waals surface area contributed by atoms with E-state index < -0.39 is 0 Å². The van der Waals surface area contributed by atoms with Gasteiger partial charge in [-0.1, -0.05) is 30.3 Å². The SMILES string of the molecule is CN(C)C(=O)CN1CC(c2ccccc2)C2(CCCNC2)C1. The number of carbonyl (C=O) groups is 1. The lowest BCUT2D eigenvalue weighted by atomic mass is 9.70. The zero-order valence-electron chi connectivity index (χ0n) is 13.7. The Labute approximate surface area is 133 Å². The van der Waals surface area contributed by atoms with Crippen molar-refractivity contribution in [3.63, 3.8) is 0 Å². The van der Waals surface area contributed by atoms with Crippen molar-refractivity contribution < 1.29 is 4.79 Å². The van der Waals surface area contributed by atoms with Crippen LogP contribution in [0.25, 0.3) is 0 Å². The molecule has 1 N–H and O–H groups in total. The fourth-order valence-electron chi connectivity index (χ4n) is 4.09. The van der Waals surface area contributed by atoms with E-state index in [1.807, 2.05) is 14.1 Å². The van der Waals surface area contributed by atoms with Gasteiger partial charge in [0, 0.05) is 45.1 Å². The van der Waals surface area contributed by atoms with Crippen LogP contribution in [0.4, 0.5) is 0 Å². The summed E-state index contributed by atoms with van der Waals surface area (Å²) in [7, 11) is 3.68. The molecule has 1 amide bonds. The minimum atomic E-state index is 0.202. The molecule has 2 saturated heterocycles. The van der Waals surface area contributed by atoms with Crippen molar-refractivity contribution in [1.29, 1.82) is 0 Å². The third kappa shape index (κ3) is 3.03. The number of piperidine rings is 1. The second-order valence-electron chi connectivity index (χ2n) is 7.06. The molecule has 2 aliphatic rings. The first-order valence-corrected chi connectivity index (χ1v) is 8.29. The Balaban J connectivity index is 1.81. The lowest BCUT2D eigenvalue weighted by Gasteiger charge is -2.39. The lowest BCUT2D eigenvalue weighted by Crippen LogP contribution is -2.45. The van der Waals surface area contributed by atoms with Crippen LogP contribution in [0.1, 0.15) is 24.3 Å². The molecule has 0 aliphatic carbocycles. The van der Waals surface area contributed by atoms with E-state index in [0.717, 1.165) is 26.2 Å². The quantitative estimate of drug-likeness (QED) is 0.920. The van der Waals surface area contributed by atoms with E-state index in [9.17, 15) is 4.79 Å². The molecule has 2 aliphatic heterocycles. The Morgan fingerprint density at radius 2 is 2.14 bits per heavy atom. The summed E-state index contributed by atoms with van der Waals surface area (Å²) in [5.74, 6) is 0.726. The first kappa shape index (κ1) is 15.5. The van der Waals surface area contributed by atoms with Crippen LogP contribution in [-0.4, -0.2) is 62.5 Å². The number of hydrogen-bond donors (Lipinski definition) is 1. The average molecular weight is 301 g/mol. The van der Waals surface area contributed by atoms with E-state index in [1.165, 1.54) is 18.4 Å². The van der Waals surface area contributed by atoms with Crippen LogP contribution < -0.4 is 5.32 Å². The van der Waals surface area contributed by atoms with Crippen molar-refractivity contribution >= 4 is 5.91 Å². The van der Waals surface area contributed by atoms with Crippen molar-refractivity contribution in [3.8, 4) is 0 Å². The molecule has 3 rings (SSSR count). The monoisotopic (exact) mass is 301 g/mol. The first-order valence-electron chi connectivity index (χ1n) is 8.29. The van der Waals surface area contributed by atoms with E-state index in [-0.39, 0.29) is 11.3 Å². The summed E-state index contributed by atoms with van der Waals surface area (Å²) < 4.78 is 0. The second kappa shape index (κ2) is 6.39. The van der Waals surface area contributed by atoms with E-state index in [4.69, 9.17) is 0 Å². The van der Waals surface area contributed by atoms with Crippen LogP contribution in [0.5, 0.6) is 0 Å². The maximum absolute atomic E-state index is 12.1. The molecule has 1 spiro atoms. The smallest absolute Gasteiger partial charge is 0.236 e. The summed E-state index contributed by atoms with van der Waals surface area (Å²) in [6.07, 6.45) is 2.49. The van der Waals surface area contributed by atoms with E-state index in [2.05, 4.69) is 40.5 Å². The highest BCUT2D eigenvalue weighted by Crippen LogP contribution is 2.46. The van der Waals surface area contributed by atoms with Gasteiger partial charge in [-0.15, -0.1) is 0 Å². The Hall–Kier alpha value is -1.39. The number of carbonyl (C=O) groups excluding carboxylic acids is 1. The first-order chi connectivity index (χ1) is 10.6. The van der Waals surface area contributed by atoms with E-state index >= 15 is 0 Å². The fourth-order valence-corrected chi connectivity index (χ4v) is 4.09. The van der Waals surface area contributed by atoms with Gasteiger partial charge < -0.3 is 10.2 Å². The topological polar surface area (TPSA) is 35.6 Å². The molecular formula is C18H27N3O. The molecule has 1 aromatic rings. The molecule has 2 atom stereocenters. The third-order valence-electron chi connectivity index (χ3n) is 5.28. The van der Waals surface area contributed by atoms with Crippen LogP contribution in [-0.2, 0) is 4.79 Å². The highest BCUT2D eigenvalue weighted by molar-refractivity contribution is 5.77. The van der Waals surface area contributed by atoms with Crippen LogP contribution in [0.2, 0.25) is 0 Å². The van der Waals surface area contributed by atoms with Crippen molar-refractivity contribution in [2.45, 2.75) is 18.8 Å².